The monoisotopic (exact) mass is 787 g/mol. The summed E-state index contributed by atoms with van der Waals surface area (Å²) in [6, 6.07) is 58.3. The highest BCUT2D eigenvalue weighted by molar-refractivity contribution is 6.61. The minimum absolute atomic E-state index is 0.582. The van der Waals surface area contributed by atoms with Crippen molar-refractivity contribution in [3.63, 3.8) is 0 Å². The third-order valence-electron chi connectivity index (χ3n) is 12.6. The first-order valence-electron chi connectivity index (χ1n) is 21.4. The van der Waals surface area contributed by atoms with Gasteiger partial charge in [-0.2, -0.15) is 9.97 Å². The fraction of sp³-hybridized carbons (Fsp3) is 0. The molecular weight excluding hydrogens is 747 g/mol. The van der Waals surface area contributed by atoms with Gasteiger partial charge in [0.05, 0.1) is 16.6 Å². The average Bonchev–Trinajstić information content (AvgIpc) is 3.83. The van der Waals surface area contributed by atoms with Crippen LogP contribution in [0, 0.1) is 0 Å². The van der Waals surface area contributed by atoms with Crippen LogP contribution >= 0.6 is 0 Å². The van der Waals surface area contributed by atoms with Crippen LogP contribution in [0.4, 0.5) is 0 Å². The fourth-order valence-corrected chi connectivity index (χ4v) is 9.87. The molecule has 0 amide bonds. The third-order valence-corrected chi connectivity index (χ3v) is 12.6. The summed E-state index contributed by atoms with van der Waals surface area (Å²) in [7, 11) is 13.5. The number of hydrogen-bond donors (Lipinski definition) is 0. The van der Waals surface area contributed by atoms with Crippen LogP contribution in [0.25, 0.3) is 100 Å². The molecule has 5 nitrogen and oxygen atoms in total. The Morgan fingerprint density at radius 1 is 0.339 bits per heavy atom. The van der Waals surface area contributed by atoms with E-state index in [9.17, 15) is 0 Å². The number of benzene rings is 8. The van der Waals surface area contributed by atoms with E-state index in [0.717, 1.165) is 50.0 Å². The molecule has 11 rings (SSSR count). The quantitative estimate of drug-likeness (QED) is 0.244. The molecule has 0 aliphatic carbocycles. The fourth-order valence-electron chi connectivity index (χ4n) is 9.87. The Morgan fingerprint density at radius 3 is 1.34 bits per heavy atom. The van der Waals surface area contributed by atoms with E-state index in [2.05, 4.69) is 202 Å². The van der Waals surface area contributed by atoms with Crippen LogP contribution in [0.2, 0.25) is 0 Å². The predicted molar refractivity (Wildman–Crippen MR) is 279 cm³/mol. The zero-order valence-electron chi connectivity index (χ0n) is 35.8. The molecule has 62 heavy (non-hydrogen) atoms. The molecule has 0 aliphatic heterocycles. The van der Waals surface area contributed by atoms with Crippen LogP contribution in [0.3, 0.4) is 0 Å². The second-order valence-corrected chi connectivity index (χ2v) is 16.8. The van der Waals surface area contributed by atoms with Crippen LogP contribution < -0.4 is 32.8 Å². The number of fused-ring (bicyclic) bond motifs is 7. The van der Waals surface area contributed by atoms with E-state index in [-0.39, 0.29) is 0 Å². The summed E-state index contributed by atoms with van der Waals surface area (Å²) in [6.07, 6.45) is 0. The summed E-state index contributed by atoms with van der Waals surface area (Å²) < 4.78 is 4.87. The molecule has 286 valence electrons. The van der Waals surface area contributed by atoms with Gasteiger partial charge in [-0.05, 0) is 40.5 Å². The third kappa shape index (κ3) is 6.06. The lowest BCUT2D eigenvalue weighted by atomic mass is 9.74. The van der Waals surface area contributed by atoms with Gasteiger partial charge in [0.15, 0.2) is 11.6 Å². The van der Waals surface area contributed by atoms with Crippen molar-refractivity contribution in [2.75, 3.05) is 0 Å². The van der Waals surface area contributed by atoms with Gasteiger partial charge >= 0.3 is 0 Å². The van der Waals surface area contributed by atoms with Crippen molar-refractivity contribution in [1.82, 2.24) is 24.1 Å². The molecule has 3 aromatic heterocycles. The van der Waals surface area contributed by atoms with Crippen molar-refractivity contribution in [1.29, 1.82) is 0 Å². The number of aromatic nitrogens is 5. The van der Waals surface area contributed by atoms with Crippen molar-refractivity contribution in [3.05, 3.63) is 164 Å². The summed E-state index contributed by atoms with van der Waals surface area (Å²) >= 11 is 0. The second-order valence-electron chi connectivity index (χ2n) is 16.8. The van der Waals surface area contributed by atoms with Crippen molar-refractivity contribution < 1.29 is 0 Å². The van der Waals surface area contributed by atoms with Gasteiger partial charge in [0.1, 0.15) is 47.1 Å². The normalized spacial score (nSPS) is 11.6. The van der Waals surface area contributed by atoms with Crippen LogP contribution in [-0.2, 0) is 0 Å². The number of nitrogens with zero attached hydrogens (tertiary/aromatic N) is 5. The highest BCUT2D eigenvalue weighted by Crippen LogP contribution is 2.40. The Balaban J connectivity index is 1.32. The van der Waals surface area contributed by atoms with Gasteiger partial charge in [-0.3, -0.25) is 4.57 Å². The van der Waals surface area contributed by atoms with E-state index in [4.69, 9.17) is 15.0 Å². The summed E-state index contributed by atoms with van der Waals surface area (Å²) in [5, 5.41) is 4.89. The molecule has 0 fully saturated rings. The largest absolute Gasteiger partial charge is 0.308 e. The minimum atomic E-state index is 0.582. The molecule has 0 bridgehead atoms. The molecule has 0 saturated heterocycles. The number of rotatable bonds is 6. The Labute approximate surface area is 366 Å². The second kappa shape index (κ2) is 14.7. The van der Waals surface area contributed by atoms with Crippen molar-refractivity contribution >= 4 is 123 Å². The average molecular weight is 787 g/mol. The molecule has 0 unspecified atom stereocenters. The lowest BCUT2D eigenvalue weighted by Gasteiger charge is -2.16. The molecule has 0 spiro atoms. The molecule has 3 heterocycles. The summed E-state index contributed by atoms with van der Waals surface area (Å²) in [5.74, 6) is 1.82. The maximum Gasteiger partial charge on any atom is 0.238 e. The van der Waals surface area contributed by atoms with Crippen molar-refractivity contribution in [2.45, 2.75) is 0 Å². The summed E-state index contributed by atoms with van der Waals surface area (Å²) in [5.41, 5.74) is 19.5. The first-order valence-corrected chi connectivity index (χ1v) is 21.4. The van der Waals surface area contributed by atoms with Crippen LogP contribution in [-0.4, -0.2) is 71.2 Å². The van der Waals surface area contributed by atoms with E-state index in [1.165, 1.54) is 65.5 Å². The zero-order valence-corrected chi connectivity index (χ0v) is 35.8. The molecule has 0 radical (unpaired) electrons. The first kappa shape index (κ1) is 37.7. The topological polar surface area (TPSA) is 48.5 Å². The molecule has 11 heteroatoms. The van der Waals surface area contributed by atoms with Crippen molar-refractivity contribution in [3.8, 4) is 56.7 Å². The van der Waals surface area contributed by atoms with Gasteiger partial charge in [0.2, 0.25) is 5.95 Å². The predicted octanol–water partition coefficient (Wildman–Crippen LogP) is 2.28. The summed E-state index contributed by atoms with van der Waals surface area (Å²) in [4.78, 5) is 16.2. The lowest BCUT2D eigenvalue weighted by molar-refractivity contribution is 0.955. The van der Waals surface area contributed by atoms with E-state index < -0.39 is 0 Å². The van der Waals surface area contributed by atoms with Gasteiger partial charge < -0.3 is 4.57 Å². The van der Waals surface area contributed by atoms with E-state index in [1.807, 2.05) is 18.2 Å². The lowest BCUT2D eigenvalue weighted by Crippen LogP contribution is -2.27. The maximum atomic E-state index is 5.50. The molecule has 0 saturated carbocycles. The van der Waals surface area contributed by atoms with Gasteiger partial charge in [0.25, 0.3) is 0 Å². The molecule has 8 aromatic carbocycles. The maximum absolute atomic E-state index is 5.50. The van der Waals surface area contributed by atoms with Gasteiger partial charge in [0, 0.05) is 43.9 Å². The zero-order chi connectivity index (χ0) is 42.2. The Morgan fingerprint density at radius 2 is 0.774 bits per heavy atom. The Bertz CT molecular complexity index is 3590. The van der Waals surface area contributed by atoms with E-state index in [1.54, 1.807) is 0 Å². The number of hydrogen-bond acceptors (Lipinski definition) is 3. The minimum Gasteiger partial charge on any atom is -0.308 e. The Hall–Kier alpha value is -7.24. The first-order chi connectivity index (χ1) is 30.2. The van der Waals surface area contributed by atoms with Gasteiger partial charge in [-0.25, -0.2) is 4.98 Å². The molecular formula is C51H39B6N5. The van der Waals surface area contributed by atoms with Crippen LogP contribution in [0.15, 0.2) is 164 Å². The van der Waals surface area contributed by atoms with Gasteiger partial charge in [-0.1, -0.05) is 178 Å². The SMILES string of the molecule is Bc1cc(B)c2c(c1)c1c(B)c(B)c3c4cc(B)cc(B)c4n(-c4nc(-c5ccccc5)nc(-c5cccc(-c6ccccc6)c5)n4)c3c1n2-c1cccc(-c2ccccc2)c1. The molecule has 0 N–H and O–H groups in total. The Kier molecular flexibility index (Phi) is 8.97. The molecule has 11 aromatic rings. The van der Waals surface area contributed by atoms with Crippen LogP contribution in [0.5, 0.6) is 0 Å². The summed E-state index contributed by atoms with van der Waals surface area (Å²) in [6.45, 7) is 0. The van der Waals surface area contributed by atoms with E-state index in [0.29, 0.717) is 17.6 Å². The molecule has 0 aliphatic rings. The molecule has 0 atom stereocenters. The van der Waals surface area contributed by atoms with E-state index >= 15 is 0 Å². The van der Waals surface area contributed by atoms with Crippen molar-refractivity contribution in [2.24, 2.45) is 0 Å². The highest BCUT2D eigenvalue weighted by Gasteiger charge is 2.28. The highest BCUT2D eigenvalue weighted by atomic mass is 15.2. The van der Waals surface area contributed by atoms with Gasteiger partial charge in [-0.15, -0.1) is 0 Å². The standard InChI is InChI=1S/C51H39B6N5/c52-34-24-37-41-43(56)44(57)42-38-25-35(53)27-40(55)46(38)62(48(42)47(41)61(45(37)39(54)26-34)36-21-11-19-32(23-36)29-14-6-2-7-15-29)51-59-49(30-16-8-3-9-17-30)58-50(60-51)33-20-10-18-31(22-33)28-12-4-1-5-13-28/h1-27H,52-57H2. The van der Waals surface area contributed by atoms with Crippen LogP contribution in [0.1, 0.15) is 0 Å². The smallest absolute Gasteiger partial charge is 0.238 e.